The van der Waals surface area contributed by atoms with Crippen LogP contribution in [0.5, 0.6) is 0 Å². The summed E-state index contributed by atoms with van der Waals surface area (Å²) < 4.78 is 5.67. The van der Waals surface area contributed by atoms with Crippen molar-refractivity contribution in [3.8, 4) is 0 Å². The van der Waals surface area contributed by atoms with Crippen molar-refractivity contribution < 1.29 is 9.21 Å². The summed E-state index contributed by atoms with van der Waals surface area (Å²) in [6.07, 6.45) is 2.00. The van der Waals surface area contributed by atoms with E-state index in [1.54, 1.807) is 6.26 Å². The Bertz CT molecular complexity index is 1030. The Balaban J connectivity index is 1.60. The topological polar surface area (TPSA) is 42.2 Å². The van der Waals surface area contributed by atoms with Gasteiger partial charge in [-0.05, 0) is 29.3 Å². The van der Waals surface area contributed by atoms with Gasteiger partial charge >= 0.3 is 0 Å². The molecule has 3 heteroatoms. The van der Waals surface area contributed by atoms with E-state index in [2.05, 4.69) is 17.4 Å². The lowest BCUT2D eigenvalue weighted by Gasteiger charge is -2.14. The third-order valence-electron chi connectivity index (χ3n) is 4.57. The lowest BCUT2D eigenvalue weighted by molar-refractivity contribution is -0.121. The van der Waals surface area contributed by atoms with Crippen LogP contribution in [0.15, 0.2) is 77.4 Å². The van der Waals surface area contributed by atoms with Gasteiger partial charge in [0.25, 0.3) is 0 Å². The van der Waals surface area contributed by atoms with Gasteiger partial charge < -0.3 is 9.73 Å². The number of hydrogen-bond acceptors (Lipinski definition) is 2. The van der Waals surface area contributed by atoms with Crippen LogP contribution in [0.3, 0.4) is 0 Å². The molecule has 0 unspecified atom stereocenters. The number of nitrogens with one attached hydrogen (secondary N) is 1. The van der Waals surface area contributed by atoms with Crippen LogP contribution in [-0.4, -0.2) is 5.91 Å². The van der Waals surface area contributed by atoms with Crippen molar-refractivity contribution in [2.75, 3.05) is 0 Å². The van der Waals surface area contributed by atoms with Crippen molar-refractivity contribution in [2.45, 2.75) is 19.4 Å². The molecular formula is C22H19NO2. The van der Waals surface area contributed by atoms with Crippen molar-refractivity contribution >= 4 is 27.6 Å². The van der Waals surface area contributed by atoms with Gasteiger partial charge in [0.15, 0.2) is 0 Å². The fourth-order valence-corrected chi connectivity index (χ4v) is 3.30. The Kier molecular flexibility index (Phi) is 3.98. The van der Waals surface area contributed by atoms with Gasteiger partial charge in [-0.3, -0.25) is 4.79 Å². The van der Waals surface area contributed by atoms with Gasteiger partial charge in [-0.2, -0.15) is 0 Å². The number of carbonyl (C=O) groups excluding carboxylic acids is 1. The molecule has 4 aromatic rings. The van der Waals surface area contributed by atoms with Gasteiger partial charge in [-0.15, -0.1) is 0 Å². The van der Waals surface area contributed by atoms with Crippen molar-refractivity contribution in [2.24, 2.45) is 0 Å². The Morgan fingerprint density at radius 1 is 1.00 bits per heavy atom. The fraction of sp³-hybridized carbons (Fsp3) is 0.136. The van der Waals surface area contributed by atoms with E-state index < -0.39 is 0 Å². The quantitative estimate of drug-likeness (QED) is 0.572. The maximum atomic E-state index is 12.5. The molecule has 0 radical (unpaired) electrons. The molecule has 1 N–H and O–H groups in total. The largest absolute Gasteiger partial charge is 0.464 e. The van der Waals surface area contributed by atoms with E-state index in [0.29, 0.717) is 6.42 Å². The number of hydrogen-bond donors (Lipinski definition) is 1. The van der Waals surface area contributed by atoms with Gasteiger partial charge in [-0.25, -0.2) is 0 Å². The lowest BCUT2D eigenvalue weighted by Crippen LogP contribution is -2.28. The molecule has 0 bridgehead atoms. The molecule has 0 aliphatic heterocycles. The first-order chi connectivity index (χ1) is 12.2. The SMILES string of the molecule is C[C@H](NC(=O)Cc1coc2ccc3ccccc3c12)c1ccccc1. The minimum atomic E-state index is -0.0244. The van der Waals surface area contributed by atoms with Crippen molar-refractivity contribution in [1.82, 2.24) is 5.32 Å². The number of furan rings is 1. The number of amides is 1. The van der Waals surface area contributed by atoms with Crippen molar-refractivity contribution in [3.05, 3.63) is 84.1 Å². The molecule has 4 rings (SSSR count). The molecule has 0 fully saturated rings. The molecule has 124 valence electrons. The molecular weight excluding hydrogens is 310 g/mol. The maximum Gasteiger partial charge on any atom is 0.225 e. The summed E-state index contributed by atoms with van der Waals surface area (Å²) in [5.41, 5.74) is 2.83. The predicted octanol–water partition coefficient (Wildman–Crippen LogP) is 5.01. The summed E-state index contributed by atoms with van der Waals surface area (Å²) in [4.78, 5) is 12.5. The second kappa shape index (κ2) is 6.44. The Labute approximate surface area is 146 Å². The first kappa shape index (κ1) is 15.5. The normalized spacial score (nSPS) is 12.4. The Morgan fingerprint density at radius 2 is 1.76 bits per heavy atom. The zero-order chi connectivity index (χ0) is 17.2. The fourth-order valence-electron chi connectivity index (χ4n) is 3.30. The zero-order valence-corrected chi connectivity index (χ0v) is 14.0. The second-order valence-corrected chi connectivity index (χ2v) is 6.30. The highest BCUT2D eigenvalue weighted by Gasteiger charge is 2.15. The average molecular weight is 329 g/mol. The average Bonchev–Trinajstić information content (AvgIpc) is 3.05. The monoisotopic (exact) mass is 329 g/mol. The molecule has 0 aliphatic rings. The molecule has 1 heterocycles. The van der Waals surface area contributed by atoms with Crippen LogP contribution in [0.1, 0.15) is 24.1 Å². The minimum Gasteiger partial charge on any atom is -0.464 e. The molecule has 1 amide bonds. The van der Waals surface area contributed by atoms with Crippen LogP contribution in [0.4, 0.5) is 0 Å². The van der Waals surface area contributed by atoms with Gasteiger partial charge in [-0.1, -0.05) is 60.7 Å². The second-order valence-electron chi connectivity index (χ2n) is 6.30. The van der Waals surface area contributed by atoms with Gasteiger partial charge in [0.05, 0.1) is 18.7 Å². The predicted molar refractivity (Wildman–Crippen MR) is 100 cm³/mol. The number of carbonyl (C=O) groups is 1. The molecule has 3 aromatic carbocycles. The van der Waals surface area contributed by atoms with E-state index in [-0.39, 0.29) is 11.9 Å². The van der Waals surface area contributed by atoms with Gasteiger partial charge in [0, 0.05) is 10.9 Å². The molecule has 0 aliphatic carbocycles. The molecule has 0 saturated heterocycles. The van der Waals surface area contributed by atoms with Gasteiger partial charge in [0.1, 0.15) is 5.58 Å². The Hall–Kier alpha value is -3.07. The summed E-state index contributed by atoms with van der Waals surface area (Å²) in [5.74, 6) is -0.00742. The Morgan fingerprint density at radius 3 is 2.60 bits per heavy atom. The first-order valence-corrected chi connectivity index (χ1v) is 8.44. The number of fused-ring (bicyclic) bond motifs is 3. The van der Waals surface area contributed by atoms with Crippen LogP contribution in [0.2, 0.25) is 0 Å². The standard InChI is InChI=1S/C22H19NO2/c1-15(16-7-3-2-4-8-16)23-21(24)13-18-14-25-20-12-11-17-9-5-6-10-19(17)22(18)20/h2-12,14-15H,13H2,1H3,(H,23,24)/t15-/m0/s1. The van der Waals surface area contributed by atoms with Crippen molar-refractivity contribution in [1.29, 1.82) is 0 Å². The highest BCUT2D eigenvalue weighted by molar-refractivity contribution is 6.08. The van der Waals surface area contributed by atoms with Crippen LogP contribution >= 0.6 is 0 Å². The smallest absolute Gasteiger partial charge is 0.225 e. The molecule has 0 spiro atoms. The third-order valence-corrected chi connectivity index (χ3v) is 4.57. The van der Waals surface area contributed by atoms with E-state index in [0.717, 1.165) is 32.9 Å². The number of benzene rings is 3. The molecule has 25 heavy (non-hydrogen) atoms. The zero-order valence-electron chi connectivity index (χ0n) is 14.0. The van der Waals surface area contributed by atoms with Crippen LogP contribution in [0, 0.1) is 0 Å². The van der Waals surface area contributed by atoms with E-state index in [1.807, 2.05) is 61.5 Å². The first-order valence-electron chi connectivity index (χ1n) is 8.44. The van der Waals surface area contributed by atoms with Crippen LogP contribution in [0.25, 0.3) is 21.7 Å². The van der Waals surface area contributed by atoms with E-state index >= 15 is 0 Å². The summed E-state index contributed by atoms with van der Waals surface area (Å²) in [6.45, 7) is 2.00. The van der Waals surface area contributed by atoms with Crippen LogP contribution in [-0.2, 0) is 11.2 Å². The number of rotatable bonds is 4. The summed E-state index contributed by atoms with van der Waals surface area (Å²) in [5, 5.41) is 6.36. The van der Waals surface area contributed by atoms with Crippen LogP contribution < -0.4 is 5.32 Å². The summed E-state index contributed by atoms with van der Waals surface area (Å²) in [6, 6.07) is 22.1. The molecule has 1 aromatic heterocycles. The van der Waals surface area contributed by atoms with E-state index in [1.165, 1.54) is 0 Å². The maximum absolute atomic E-state index is 12.5. The summed E-state index contributed by atoms with van der Waals surface area (Å²) in [7, 11) is 0. The molecule has 1 atom stereocenters. The molecule has 3 nitrogen and oxygen atoms in total. The van der Waals surface area contributed by atoms with Crippen molar-refractivity contribution in [3.63, 3.8) is 0 Å². The third kappa shape index (κ3) is 3.01. The molecule has 0 saturated carbocycles. The van der Waals surface area contributed by atoms with E-state index in [9.17, 15) is 4.79 Å². The summed E-state index contributed by atoms with van der Waals surface area (Å²) >= 11 is 0. The minimum absolute atomic E-state index is 0.00742. The van der Waals surface area contributed by atoms with E-state index in [4.69, 9.17) is 4.42 Å². The highest BCUT2D eigenvalue weighted by atomic mass is 16.3. The highest BCUT2D eigenvalue weighted by Crippen LogP contribution is 2.30. The lowest BCUT2D eigenvalue weighted by atomic mass is 10.0. The van der Waals surface area contributed by atoms with Gasteiger partial charge in [0.2, 0.25) is 5.91 Å².